The van der Waals surface area contributed by atoms with E-state index in [4.69, 9.17) is 4.42 Å². The first-order valence-corrected chi connectivity index (χ1v) is 5.82. The third-order valence-electron chi connectivity index (χ3n) is 2.52. The van der Waals surface area contributed by atoms with Gasteiger partial charge in [-0.1, -0.05) is 13.8 Å². The number of nitrogens with zero attached hydrogens (tertiary/aromatic N) is 3. The molecule has 1 N–H and O–H groups in total. The summed E-state index contributed by atoms with van der Waals surface area (Å²) >= 11 is 0. The van der Waals surface area contributed by atoms with Crippen LogP contribution in [0.4, 0.5) is 0 Å². The zero-order chi connectivity index (χ0) is 12.1. The molecule has 2 rings (SSSR count). The van der Waals surface area contributed by atoms with Gasteiger partial charge in [0.05, 0.1) is 6.04 Å². The molecule has 0 aliphatic carbocycles. The van der Waals surface area contributed by atoms with Gasteiger partial charge in [0, 0.05) is 18.0 Å². The molecule has 0 amide bonds. The Morgan fingerprint density at radius 3 is 2.65 bits per heavy atom. The molecule has 0 spiro atoms. The van der Waals surface area contributed by atoms with Crippen LogP contribution in [0.15, 0.2) is 28.9 Å². The van der Waals surface area contributed by atoms with Gasteiger partial charge in [0.15, 0.2) is 0 Å². The summed E-state index contributed by atoms with van der Waals surface area (Å²) < 4.78 is 5.66. The Morgan fingerprint density at radius 1 is 1.24 bits per heavy atom. The Bertz CT molecular complexity index is 455. The van der Waals surface area contributed by atoms with Crippen molar-refractivity contribution in [3.63, 3.8) is 0 Å². The van der Waals surface area contributed by atoms with Gasteiger partial charge in [-0.25, -0.2) is 0 Å². The minimum Gasteiger partial charge on any atom is -0.419 e. The van der Waals surface area contributed by atoms with Crippen molar-refractivity contribution >= 4 is 0 Å². The molecule has 2 heterocycles. The summed E-state index contributed by atoms with van der Waals surface area (Å²) in [7, 11) is 0. The highest BCUT2D eigenvalue weighted by Gasteiger charge is 2.16. The summed E-state index contributed by atoms with van der Waals surface area (Å²) in [5, 5.41) is 11.4. The Balaban J connectivity index is 2.21. The molecule has 1 unspecified atom stereocenters. The van der Waals surface area contributed by atoms with Crippen LogP contribution >= 0.6 is 0 Å². The topological polar surface area (TPSA) is 63.8 Å². The van der Waals surface area contributed by atoms with E-state index in [1.54, 1.807) is 12.4 Å². The van der Waals surface area contributed by atoms with Crippen LogP contribution < -0.4 is 5.32 Å². The number of hydrogen-bond donors (Lipinski definition) is 1. The van der Waals surface area contributed by atoms with E-state index in [0.29, 0.717) is 11.8 Å². The normalized spacial score (nSPS) is 12.6. The number of rotatable bonds is 5. The Labute approximate surface area is 100 Å². The van der Waals surface area contributed by atoms with Crippen LogP contribution in [0, 0.1) is 0 Å². The zero-order valence-corrected chi connectivity index (χ0v) is 10.1. The van der Waals surface area contributed by atoms with E-state index in [2.05, 4.69) is 34.3 Å². The van der Waals surface area contributed by atoms with Crippen molar-refractivity contribution < 1.29 is 4.42 Å². The van der Waals surface area contributed by atoms with Crippen LogP contribution in [-0.2, 0) is 0 Å². The summed E-state index contributed by atoms with van der Waals surface area (Å²) in [5.41, 5.74) is 0.894. The van der Waals surface area contributed by atoms with Crippen LogP contribution in [0.1, 0.15) is 32.2 Å². The van der Waals surface area contributed by atoms with Gasteiger partial charge >= 0.3 is 0 Å². The van der Waals surface area contributed by atoms with E-state index in [1.807, 2.05) is 12.1 Å². The first-order chi connectivity index (χ1) is 8.35. The molecule has 0 saturated carbocycles. The summed E-state index contributed by atoms with van der Waals surface area (Å²) in [4.78, 5) is 3.96. The molecule has 5 nitrogen and oxygen atoms in total. The fourth-order valence-corrected chi connectivity index (χ4v) is 1.64. The molecule has 5 heteroatoms. The number of hydrogen-bond acceptors (Lipinski definition) is 5. The van der Waals surface area contributed by atoms with Crippen molar-refractivity contribution in [2.75, 3.05) is 6.54 Å². The van der Waals surface area contributed by atoms with Crippen molar-refractivity contribution in [3.05, 3.63) is 30.4 Å². The lowest BCUT2D eigenvalue weighted by molar-refractivity contribution is 0.402. The van der Waals surface area contributed by atoms with Gasteiger partial charge in [-0.2, -0.15) is 0 Å². The predicted octanol–water partition coefficient (Wildman–Crippen LogP) is 2.19. The second-order valence-corrected chi connectivity index (χ2v) is 3.70. The minimum absolute atomic E-state index is 0.128. The maximum absolute atomic E-state index is 5.66. The average Bonchev–Trinajstić information content (AvgIpc) is 2.86. The molecule has 0 aliphatic rings. The second-order valence-electron chi connectivity index (χ2n) is 3.70. The van der Waals surface area contributed by atoms with E-state index in [0.717, 1.165) is 18.5 Å². The third-order valence-corrected chi connectivity index (χ3v) is 2.52. The molecule has 2 aromatic rings. The van der Waals surface area contributed by atoms with Crippen LogP contribution in [-0.4, -0.2) is 21.7 Å². The fraction of sp³-hybridized carbons (Fsp3) is 0.417. The first kappa shape index (κ1) is 11.7. The van der Waals surface area contributed by atoms with Gasteiger partial charge in [0.2, 0.25) is 11.8 Å². The zero-order valence-electron chi connectivity index (χ0n) is 10.1. The summed E-state index contributed by atoms with van der Waals surface area (Å²) in [6, 6.07) is 3.83. The number of pyridine rings is 1. The lowest BCUT2D eigenvalue weighted by Crippen LogP contribution is -2.20. The maximum Gasteiger partial charge on any atom is 0.247 e. The van der Waals surface area contributed by atoms with Gasteiger partial charge in [-0.15, -0.1) is 10.2 Å². The Morgan fingerprint density at radius 2 is 2.00 bits per heavy atom. The van der Waals surface area contributed by atoms with E-state index >= 15 is 0 Å². The lowest BCUT2D eigenvalue weighted by Gasteiger charge is -2.09. The summed E-state index contributed by atoms with van der Waals surface area (Å²) in [6.45, 7) is 5.03. The SMILES string of the molecule is CCNC(CC)c1nnc(-c2ccncc2)o1. The van der Waals surface area contributed by atoms with Crippen molar-refractivity contribution in [2.45, 2.75) is 26.3 Å². The highest BCUT2D eigenvalue weighted by molar-refractivity contribution is 5.50. The smallest absolute Gasteiger partial charge is 0.247 e. The molecule has 2 aromatic heterocycles. The van der Waals surface area contributed by atoms with E-state index < -0.39 is 0 Å². The first-order valence-electron chi connectivity index (χ1n) is 5.82. The monoisotopic (exact) mass is 232 g/mol. The molecule has 0 saturated heterocycles. The number of aromatic nitrogens is 3. The molecule has 0 bridgehead atoms. The van der Waals surface area contributed by atoms with E-state index in [9.17, 15) is 0 Å². The molecular formula is C12H16N4O. The highest BCUT2D eigenvalue weighted by Crippen LogP contribution is 2.21. The van der Waals surface area contributed by atoms with Gasteiger partial charge < -0.3 is 9.73 Å². The molecule has 0 aliphatic heterocycles. The van der Waals surface area contributed by atoms with E-state index in [1.165, 1.54) is 0 Å². The highest BCUT2D eigenvalue weighted by atomic mass is 16.4. The average molecular weight is 232 g/mol. The van der Waals surface area contributed by atoms with Crippen LogP contribution in [0.2, 0.25) is 0 Å². The molecule has 0 radical (unpaired) electrons. The maximum atomic E-state index is 5.66. The van der Waals surface area contributed by atoms with Crippen molar-refractivity contribution in [1.82, 2.24) is 20.5 Å². The molecule has 17 heavy (non-hydrogen) atoms. The standard InChI is InChI=1S/C12H16N4O/c1-3-10(14-4-2)12-16-15-11(17-12)9-5-7-13-8-6-9/h5-8,10,14H,3-4H2,1-2H3. The molecule has 90 valence electrons. The third kappa shape index (κ3) is 2.68. The van der Waals surface area contributed by atoms with Gasteiger partial charge in [0.25, 0.3) is 0 Å². The summed E-state index contributed by atoms with van der Waals surface area (Å²) in [5.74, 6) is 1.18. The van der Waals surface area contributed by atoms with Crippen molar-refractivity contribution in [1.29, 1.82) is 0 Å². The second kappa shape index (κ2) is 5.54. The molecule has 1 atom stereocenters. The predicted molar refractivity (Wildman–Crippen MR) is 64.2 cm³/mol. The van der Waals surface area contributed by atoms with Gasteiger partial charge in [-0.3, -0.25) is 4.98 Å². The van der Waals surface area contributed by atoms with Gasteiger partial charge in [0.1, 0.15) is 0 Å². The number of nitrogens with one attached hydrogen (secondary N) is 1. The molecule has 0 fully saturated rings. The van der Waals surface area contributed by atoms with Crippen molar-refractivity contribution in [2.24, 2.45) is 0 Å². The summed E-state index contributed by atoms with van der Waals surface area (Å²) in [6.07, 6.45) is 4.34. The molecule has 0 aromatic carbocycles. The van der Waals surface area contributed by atoms with Crippen molar-refractivity contribution in [3.8, 4) is 11.5 Å². The minimum atomic E-state index is 0.128. The molecular weight excluding hydrogens is 216 g/mol. The Hall–Kier alpha value is -1.75. The van der Waals surface area contributed by atoms with E-state index in [-0.39, 0.29) is 6.04 Å². The Kier molecular flexibility index (Phi) is 3.82. The largest absolute Gasteiger partial charge is 0.419 e. The van der Waals surface area contributed by atoms with Crippen LogP contribution in [0.3, 0.4) is 0 Å². The fourth-order valence-electron chi connectivity index (χ4n) is 1.64. The van der Waals surface area contributed by atoms with Crippen LogP contribution in [0.5, 0.6) is 0 Å². The lowest BCUT2D eigenvalue weighted by atomic mass is 10.2. The quantitative estimate of drug-likeness (QED) is 0.856. The van der Waals surface area contributed by atoms with Gasteiger partial charge in [-0.05, 0) is 25.1 Å². The van der Waals surface area contributed by atoms with Crippen LogP contribution in [0.25, 0.3) is 11.5 Å².